The first-order valence-electron chi connectivity index (χ1n) is 7.39. The second kappa shape index (κ2) is 7.21. The van der Waals surface area contributed by atoms with E-state index in [2.05, 4.69) is 5.32 Å². The third kappa shape index (κ3) is 4.06. The molecule has 1 aliphatic rings. The van der Waals surface area contributed by atoms with Crippen molar-refractivity contribution in [2.75, 3.05) is 27.2 Å². The van der Waals surface area contributed by atoms with Crippen LogP contribution in [0.1, 0.15) is 18.4 Å². The van der Waals surface area contributed by atoms with E-state index in [1.54, 1.807) is 14.1 Å². The summed E-state index contributed by atoms with van der Waals surface area (Å²) in [7, 11) is -0.289. The summed E-state index contributed by atoms with van der Waals surface area (Å²) in [5, 5.41) is 2.58. The van der Waals surface area contributed by atoms with E-state index in [1.807, 2.05) is 30.3 Å². The average Bonchev–Trinajstić information content (AvgIpc) is 2.97. The molecule has 1 N–H and O–H groups in total. The minimum atomic E-state index is -3.48. The van der Waals surface area contributed by atoms with Gasteiger partial charge in [-0.3, -0.25) is 4.79 Å². The van der Waals surface area contributed by atoms with E-state index in [4.69, 9.17) is 0 Å². The second-order valence-electron chi connectivity index (χ2n) is 5.64. The first-order chi connectivity index (χ1) is 10.4. The van der Waals surface area contributed by atoms with E-state index in [0.717, 1.165) is 12.0 Å². The molecule has 1 saturated heterocycles. The van der Waals surface area contributed by atoms with Crippen LogP contribution in [0.15, 0.2) is 30.3 Å². The van der Waals surface area contributed by atoms with Crippen molar-refractivity contribution in [1.82, 2.24) is 13.9 Å². The molecule has 6 nitrogen and oxygen atoms in total. The van der Waals surface area contributed by atoms with Gasteiger partial charge in [-0.25, -0.2) is 0 Å². The average molecular weight is 325 g/mol. The molecule has 122 valence electrons. The quantitative estimate of drug-likeness (QED) is 0.842. The van der Waals surface area contributed by atoms with E-state index < -0.39 is 10.2 Å². The van der Waals surface area contributed by atoms with Gasteiger partial charge in [-0.15, -0.1) is 0 Å². The molecule has 1 amide bonds. The van der Waals surface area contributed by atoms with Crippen LogP contribution < -0.4 is 5.32 Å². The van der Waals surface area contributed by atoms with E-state index in [0.29, 0.717) is 26.1 Å². The summed E-state index contributed by atoms with van der Waals surface area (Å²) in [4.78, 5) is 11.4. The van der Waals surface area contributed by atoms with Gasteiger partial charge in [0.2, 0.25) is 5.91 Å². The van der Waals surface area contributed by atoms with Crippen molar-refractivity contribution in [3.63, 3.8) is 0 Å². The molecule has 1 heterocycles. The van der Waals surface area contributed by atoms with Gasteiger partial charge in [0.1, 0.15) is 0 Å². The van der Waals surface area contributed by atoms with Crippen molar-refractivity contribution in [3.05, 3.63) is 35.9 Å². The highest BCUT2D eigenvalue weighted by atomic mass is 32.2. The third-order valence-electron chi connectivity index (χ3n) is 3.97. The summed E-state index contributed by atoms with van der Waals surface area (Å²) in [6.07, 6.45) is 1.11. The lowest BCUT2D eigenvalue weighted by Gasteiger charge is -2.24. The molecule has 1 aliphatic heterocycles. The van der Waals surface area contributed by atoms with E-state index in [1.165, 1.54) is 8.61 Å². The largest absolute Gasteiger partial charge is 0.359 e. The molecule has 0 aliphatic carbocycles. The van der Waals surface area contributed by atoms with Crippen LogP contribution in [-0.2, 0) is 21.5 Å². The zero-order chi connectivity index (χ0) is 16.2. The molecule has 2 rings (SSSR count). The summed E-state index contributed by atoms with van der Waals surface area (Å²) < 4.78 is 28.0. The summed E-state index contributed by atoms with van der Waals surface area (Å²) in [6.45, 7) is 1.23. The van der Waals surface area contributed by atoms with Crippen molar-refractivity contribution < 1.29 is 13.2 Å². The Morgan fingerprint density at radius 3 is 2.68 bits per heavy atom. The van der Waals surface area contributed by atoms with Gasteiger partial charge in [0.25, 0.3) is 10.2 Å². The summed E-state index contributed by atoms with van der Waals surface area (Å²) in [5.41, 5.74) is 0.953. The molecule has 1 fully saturated rings. The first-order valence-corrected chi connectivity index (χ1v) is 8.79. The zero-order valence-corrected chi connectivity index (χ0v) is 13.8. The number of rotatable bonds is 6. The Balaban J connectivity index is 1.97. The summed E-state index contributed by atoms with van der Waals surface area (Å²) in [6, 6.07) is 9.51. The van der Waals surface area contributed by atoms with Gasteiger partial charge in [0, 0.05) is 40.2 Å². The van der Waals surface area contributed by atoms with Crippen LogP contribution in [0.3, 0.4) is 0 Å². The lowest BCUT2D eigenvalue weighted by atomic mass is 10.1. The predicted octanol–water partition coefficient (Wildman–Crippen LogP) is 0.821. The number of nitrogens with one attached hydrogen (secondary N) is 1. The second-order valence-corrected chi connectivity index (χ2v) is 7.67. The lowest BCUT2D eigenvalue weighted by Crippen LogP contribution is -2.40. The maximum absolute atomic E-state index is 12.6. The van der Waals surface area contributed by atoms with Crippen molar-refractivity contribution in [2.45, 2.75) is 19.4 Å². The Morgan fingerprint density at radius 2 is 2.05 bits per heavy atom. The van der Waals surface area contributed by atoms with Crippen LogP contribution in [0.25, 0.3) is 0 Å². The Labute approximate surface area is 132 Å². The van der Waals surface area contributed by atoms with Gasteiger partial charge in [0.15, 0.2) is 0 Å². The monoisotopic (exact) mass is 325 g/mol. The molecule has 1 aromatic carbocycles. The van der Waals surface area contributed by atoms with Gasteiger partial charge < -0.3 is 5.32 Å². The fraction of sp³-hybridized carbons (Fsp3) is 0.533. The number of carbonyl (C=O) groups excluding carboxylic acids is 1. The molecular weight excluding hydrogens is 302 g/mol. The number of amides is 1. The van der Waals surface area contributed by atoms with Gasteiger partial charge in [-0.2, -0.15) is 17.0 Å². The summed E-state index contributed by atoms with van der Waals surface area (Å²) >= 11 is 0. The molecule has 1 unspecified atom stereocenters. The molecule has 0 radical (unpaired) electrons. The zero-order valence-electron chi connectivity index (χ0n) is 13.0. The lowest BCUT2D eigenvalue weighted by molar-refractivity contribution is -0.121. The van der Waals surface area contributed by atoms with Crippen molar-refractivity contribution >= 4 is 16.1 Å². The standard InChI is InChI=1S/C15H23N3O3S/c1-16-15(19)10-14-8-9-18(12-14)22(20,21)17(2)11-13-6-4-3-5-7-13/h3-7,14H,8-12H2,1-2H3,(H,16,19). The van der Waals surface area contributed by atoms with Crippen LogP contribution >= 0.6 is 0 Å². The molecule has 7 heteroatoms. The number of nitrogens with zero attached hydrogens (tertiary/aromatic N) is 2. The first kappa shape index (κ1) is 16.9. The van der Waals surface area contributed by atoms with Crippen LogP contribution in [0, 0.1) is 5.92 Å². The molecule has 22 heavy (non-hydrogen) atoms. The molecule has 0 bridgehead atoms. The van der Waals surface area contributed by atoms with Crippen LogP contribution in [0.4, 0.5) is 0 Å². The number of carbonyl (C=O) groups is 1. The fourth-order valence-electron chi connectivity index (χ4n) is 2.66. The van der Waals surface area contributed by atoms with E-state index in [-0.39, 0.29) is 11.8 Å². The topological polar surface area (TPSA) is 69.7 Å². The molecule has 0 spiro atoms. The predicted molar refractivity (Wildman–Crippen MR) is 85.2 cm³/mol. The van der Waals surface area contributed by atoms with Crippen LogP contribution in [0.2, 0.25) is 0 Å². The Kier molecular flexibility index (Phi) is 5.55. The Hall–Kier alpha value is -1.44. The van der Waals surface area contributed by atoms with Crippen LogP contribution in [0.5, 0.6) is 0 Å². The Bertz CT molecular complexity index is 604. The minimum absolute atomic E-state index is 0.0399. The summed E-state index contributed by atoms with van der Waals surface area (Å²) in [5.74, 6) is 0.0572. The minimum Gasteiger partial charge on any atom is -0.359 e. The highest BCUT2D eigenvalue weighted by Gasteiger charge is 2.34. The smallest absolute Gasteiger partial charge is 0.282 e. The van der Waals surface area contributed by atoms with Gasteiger partial charge >= 0.3 is 0 Å². The highest BCUT2D eigenvalue weighted by molar-refractivity contribution is 7.86. The van der Waals surface area contributed by atoms with E-state index in [9.17, 15) is 13.2 Å². The number of hydrogen-bond acceptors (Lipinski definition) is 3. The maximum atomic E-state index is 12.6. The van der Waals surface area contributed by atoms with Crippen LogP contribution in [-0.4, -0.2) is 50.1 Å². The number of hydrogen-bond donors (Lipinski definition) is 1. The van der Waals surface area contributed by atoms with Gasteiger partial charge in [-0.1, -0.05) is 30.3 Å². The molecule has 0 saturated carbocycles. The molecule has 0 aromatic heterocycles. The van der Waals surface area contributed by atoms with Crippen molar-refractivity contribution in [2.24, 2.45) is 5.92 Å². The fourth-order valence-corrected chi connectivity index (χ4v) is 4.10. The molecular formula is C15H23N3O3S. The van der Waals surface area contributed by atoms with E-state index >= 15 is 0 Å². The SMILES string of the molecule is CNC(=O)CC1CCN(S(=O)(=O)N(C)Cc2ccccc2)C1. The van der Waals surface area contributed by atoms with Gasteiger partial charge in [0.05, 0.1) is 0 Å². The maximum Gasteiger partial charge on any atom is 0.282 e. The van der Waals surface area contributed by atoms with Gasteiger partial charge in [-0.05, 0) is 17.9 Å². The molecule has 1 aromatic rings. The number of benzene rings is 1. The third-order valence-corrected chi connectivity index (χ3v) is 5.87. The Morgan fingerprint density at radius 1 is 1.36 bits per heavy atom. The highest BCUT2D eigenvalue weighted by Crippen LogP contribution is 2.24. The van der Waals surface area contributed by atoms with Crippen molar-refractivity contribution in [3.8, 4) is 0 Å². The van der Waals surface area contributed by atoms with Crippen molar-refractivity contribution in [1.29, 1.82) is 0 Å². The normalized spacial score (nSPS) is 19.5. The molecule has 1 atom stereocenters.